The number of hydrogen-bond donors (Lipinski definition) is 1. The van der Waals surface area contributed by atoms with Gasteiger partial charge >= 0.3 is 0 Å². The molecule has 0 radical (unpaired) electrons. The molecule has 0 aliphatic rings. The number of halogens is 1. The second kappa shape index (κ2) is 5.78. The molecule has 0 bridgehead atoms. The van der Waals surface area contributed by atoms with Gasteiger partial charge < -0.3 is 9.88 Å². The number of aromatic nitrogens is 2. The van der Waals surface area contributed by atoms with Crippen LogP contribution in [0, 0.1) is 6.92 Å². The van der Waals surface area contributed by atoms with Crippen LogP contribution in [0.15, 0.2) is 42.5 Å². The third-order valence-corrected chi connectivity index (χ3v) is 4.16. The van der Waals surface area contributed by atoms with Gasteiger partial charge in [0.05, 0.1) is 17.6 Å². The van der Waals surface area contributed by atoms with Crippen LogP contribution >= 0.6 is 11.6 Å². The van der Waals surface area contributed by atoms with E-state index in [1.807, 2.05) is 31.2 Å². The number of nitrogens with zero attached hydrogens (tertiary/aromatic N) is 2. The standard InChI is InChI=1S/C17H18ClN3/c1-3-21-16-10-5-4-8-15(16)20-17(21)11-19-14-9-6-7-13(18)12(14)2/h4-10,19H,3,11H2,1-2H3. The van der Waals surface area contributed by atoms with Gasteiger partial charge in [0.25, 0.3) is 0 Å². The van der Waals surface area contributed by atoms with E-state index in [0.717, 1.165) is 34.2 Å². The Kier molecular flexibility index (Phi) is 3.84. The van der Waals surface area contributed by atoms with Crippen LogP contribution in [0.1, 0.15) is 18.3 Å². The van der Waals surface area contributed by atoms with Gasteiger partial charge in [-0.3, -0.25) is 0 Å². The topological polar surface area (TPSA) is 29.9 Å². The first-order valence-electron chi connectivity index (χ1n) is 7.14. The van der Waals surface area contributed by atoms with Crippen molar-refractivity contribution in [1.82, 2.24) is 9.55 Å². The van der Waals surface area contributed by atoms with Gasteiger partial charge in [0.1, 0.15) is 5.82 Å². The molecule has 3 rings (SSSR count). The summed E-state index contributed by atoms with van der Waals surface area (Å²) in [5.74, 6) is 1.04. The molecule has 0 saturated heterocycles. The lowest BCUT2D eigenvalue weighted by Crippen LogP contribution is -2.08. The Labute approximate surface area is 129 Å². The van der Waals surface area contributed by atoms with Crippen molar-refractivity contribution in [2.45, 2.75) is 26.9 Å². The van der Waals surface area contributed by atoms with Gasteiger partial charge in [0, 0.05) is 17.3 Å². The molecule has 3 aromatic rings. The molecule has 2 aromatic carbocycles. The molecule has 1 heterocycles. The van der Waals surface area contributed by atoms with Crippen LogP contribution in [0.25, 0.3) is 11.0 Å². The number of hydrogen-bond acceptors (Lipinski definition) is 2. The Bertz CT molecular complexity index is 777. The van der Waals surface area contributed by atoms with Gasteiger partial charge in [-0.2, -0.15) is 0 Å². The summed E-state index contributed by atoms with van der Waals surface area (Å²) in [6.07, 6.45) is 0. The van der Waals surface area contributed by atoms with Crippen molar-refractivity contribution < 1.29 is 0 Å². The van der Waals surface area contributed by atoms with Gasteiger partial charge in [-0.1, -0.05) is 29.8 Å². The highest BCUT2D eigenvalue weighted by Crippen LogP contribution is 2.24. The van der Waals surface area contributed by atoms with E-state index in [9.17, 15) is 0 Å². The lowest BCUT2D eigenvalue weighted by Gasteiger charge is -2.11. The monoisotopic (exact) mass is 299 g/mol. The minimum Gasteiger partial charge on any atom is -0.378 e. The summed E-state index contributed by atoms with van der Waals surface area (Å²) in [6.45, 7) is 5.76. The van der Waals surface area contributed by atoms with Crippen molar-refractivity contribution in [3.63, 3.8) is 0 Å². The maximum absolute atomic E-state index is 6.16. The smallest absolute Gasteiger partial charge is 0.129 e. The Morgan fingerprint density at radius 3 is 2.76 bits per heavy atom. The second-order valence-corrected chi connectivity index (χ2v) is 5.43. The molecule has 3 nitrogen and oxygen atoms in total. The fraction of sp³-hybridized carbons (Fsp3) is 0.235. The van der Waals surface area contributed by atoms with Gasteiger partial charge in [-0.05, 0) is 43.7 Å². The van der Waals surface area contributed by atoms with Gasteiger partial charge in [0.15, 0.2) is 0 Å². The summed E-state index contributed by atoms with van der Waals surface area (Å²) >= 11 is 6.16. The van der Waals surface area contributed by atoms with E-state index in [-0.39, 0.29) is 0 Å². The number of aryl methyl sites for hydroxylation is 1. The van der Waals surface area contributed by atoms with E-state index >= 15 is 0 Å². The average Bonchev–Trinajstić information content (AvgIpc) is 2.86. The van der Waals surface area contributed by atoms with Crippen LogP contribution in [-0.4, -0.2) is 9.55 Å². The predicted molar refractivity (Wildman–Crippen MR) is 88.9 cm³/mol. The van der Waals surface area contributed by atoms with Crippen molar-refractivity contribution >= 4 is 28.3 Å². The fourth-order valence-electron chi connectivity index (χ4n) is 2.59. The third-order valence-electron chi connectivity index (χ3n) is 3.75. The highest BCUT2D eigenvalue weighted by atomic mass is 35.5. The molecule has 0 amide bonds. The van der Waals surface area contributed by atoms with Gasteiger partial charge in [-0.25, -0.2) is 4.98 Å². The Balaban J connectivity index is 1.90. The van der Waals surface area contributed by atoms with Crippen molar-refractivity contribution in [2.24, 2.45) is 0 Å². The van der Waals surface area contributed by atoms with Crippen LogP contribution < -0.4 is 5.32 Å². The molecule has 0 aliphatic heterocycles. The number of imidazole rings is 1. The molecular formula is C17H18ClN3. The summed E-state index contributed by atoms with van der Waals surface area (Å²) in [5.41, 5.74) is 4.34. The summed E-state index contributed by atoms with van der Waals surface area (Å²) in [6, 6.07) is 14.1. The molecule has 1 N–H and O–H groups in total. The third kappa shape index (κ3) is 2.61. The zero-order valence-corrected chi connectivity index (χ0v) is 13.0. The molecule has 4 heteroatoms. The zero-order chi connectivity index (χ0) is 14.8. The van der Waals surface area contributed by atoms with E-state index in [0.29, 0.717) is 6.54 Å². The zero-order valence-electron chi connectivity index (χ0n) is 12.2. The van der Waals surface area contributed by atoms with Crippen LogP contribution in [0.5, 0.6) is 0 Å². The van der Waals surface area contributed by atoms with E-state index in [4.69, 9.17) is 16.6 Å². The minimum atomic E-state index is 0.684. The summed E-state index contributed by atoms with van der Waals surface area (Å²) < 4.78 is 2.24. The number of fused-ring (bicyclic) bond motifs is 1. The van der Waals surface area contributed by atoms with Crippen LogP contribution in [0.2, 0.25) is 5.02 Å². The molecule has 0 aliphatic carbocycles. The normalized spacial score (nSPS) is 11.0. The first-order chi connectivity index (χ1) is 10.2. The highest BCUT2D eigenvalue weighted by molar-refractivity contribution is 6.31. The first kappa shape index (κ1) is 14.0. The van der Waals surface area contributed by atoms with Crippen molar-refractivity contribution in [3.05, 3.63) is 58.9 Å². The Hall–Kier alpha value is -2.00. The Morgan fingerprint density at radius 1 is 1.14 bits per heavy atom. The van der Waals surface area contributed by atoms with Crippen molar-refractivity contribution in [3.8, 4) is 0 Å². The van der Waals surface area contributed by atoms with Crippen molar-refractivity contribution in [2.75, 3.05) is 5.32 Å². The number of para-hydroxylation sites is 2. The fourth-order valence-corrected chi connectivity index (χ4v) is 2.76. The SMILES string of the molecule is CCn1c(CNc2cccc(Cl)c2C)nc2ccccc21. The average molecular weight is 300 g/mol. The molecule has 21 heavy (non-hydrogen) atoms. The number of anilines is 1. The summed E-state index contributed by atoms with van der Waals surface area (Å²) in [5, 5.41) is 4.22. The largest absolute Gasteiger partial charge is 0.378 e. The molecule has 1 aromatic heterocycles. The number of rotatable bonds is 4. The van der Waals surface area contributed by atoms with Crippen molar-refractivity contribution in [1.29, 1.82) is 0 Å². The number of benzene rings is 2. The lowest BCUT2D eigenvalue weighted by atomic mass is 10.2. The van der Waals surface area contributed by atoms with Crippen LogP contribution in [0.4, 0.5) is 5.69 Å². The van der Waals surface area contributed by atoms with Gasteiger partial charge in [-0.15, -0.1) is 0 Å². The highest BCUT2D eigenvalue weighted by Gasteiger charge is 2.09. The van der Waals surface area contributed by atoms with E-state index in [1.165, 1.54) is 5.52 Å². The maximum atomic E-state index is 6.16. The molecule has 0 saturated carbocycles. The summed E-state index contributed by atoms with van der Waals surface area (Å²) in [7, 11) is 0. The van der Waals surface area contributed by atoms with E-state index in [2.05, 4.69) is 35.0 Å². The first-order valence-corrected chi connectivity index (χ1v) is 7.51. The molecule has 0 spiro atoms. The quantitative estimate of drug-likeness (QED) is 0.761. The molecule has 0 unspecified atom stereocenters. The van der Waals surface area contributed by atoms with Crippen LogP contribution in [0.3, 0.4) is 0 Å². The molecule has 108 valence electrons. The minimum absolute atomic E-state index is 0.684. The summed E-state index contributed by atoms with van der Waals surface area (Å²) in [4.78, 5) is 4.72. The van der Waals surface area contributed by atoms with Crippen LogP contribution in [-0.2, 0) is 13.1 Å². The molecule has 0 atom stereocenters. The van der Waals surface area contributed by atoms with Gasteiger partial charge in [0.2, 0.25) is 0 Å². The van der Waals surface area contributed by atoms with E-state index in [1.54, 1.807) is 0 Å². The predicted octanol–water partition coefficient (Wildman–Crippen LogP) is 4.63. The molecular weight excluding hydrogens is 282 g/mol. The Morgan fingerprint density at radius 2 is 1.95 bits per heavy atom. The maximum Gasteiger partial charge on any atom is 0.129 e. The molecule has 0 fully saturated rings. The van der Waals surface area contributed by atoms with E-state index < -0.39 is 0 Å². The second-order valence-electron chi connectivity index (χ2n) is 5.03. The lowest BCUT2D eigenvalue weighted by molar-refractivity contribution is 0.728. The number of nitrogens with one attached hydrogen (secondary N) is 1.